The van der Waals surface area contributed by atoms with Crippen LogP contribution in [0.25, 0.3) is 0 Å². The first-order chi connectivity index (χ1) is 6.84. The monoisotopic (exact) mass is 267 g/mol. The van der Waals surface area contributed by atoms with Gasteiger partial charge in [-0.05, 0) is 40.6 Å². The SMILES string of the molecule is Brc1cccc(NCc2ccsc2)c1. The van der Waals surface area contributed by atoms with E-state index in [0.717, 1.165) is 16.7 Å². The maximum Gasteiger partial charge on any atom is 0.0409 e. The Labute approximate surface area is 95.9 Å². The zero-order valence-electron chi connectivity index (χ0n) is 7.53. The Morgan fingerprint density at radius 1 is 1.29 bits per heavy atom. The second kappa shape index (κ2) is 4.62. The molecule has 0 bridgehead atoms. The molecular weight excluding hydrogens is 258 g/mol. The molecule has 14 heavy (non-hydrogen) atoms. The van der Waals surface area contributed by atoms with E-state index in [1.165, 1.54) is 5.56 Å². The molecule has 0 saturated carbocycles. The zero-order chi connectivity index (χ0) is 9.80. The molecule has 72 valence electrons. The predicted molar refractivity (Wildman–Crippen MR) is 65.8 cm³/mol. The highest BCUT2D eigenvalue weighted by molar-refractivity contribution is 9.10. The van der Waals surface area contributed by atoms with Crippen LogP contribution < -0.4 is 5.32 Å². The van der Waals surface area contributed by atoms with E-state index in [4.69, 9.17) is 0 Å². The van der Waals surface area contributed by atoms with Crippen molar-refractivity contribution in [2.45, 2.75) is 6.54 Å². The van der Waals surface area contributed by atoms with Gasteiger partial charge in [0.2, 0.25) is 0 Å². The minimum Gasteiger partial charge on any atom is -0.381 e. The third kappa shape index (κ3) is 2.59. The van der Waals surface area contributed by atoms with Crippen LogP contribution in [0, 0.1) is 0 Å². The van der Waals surface area contributed by atoms with E-state index in [-0.39, 0.29) is 0 Å². The minimum absolute atomic E-state index is 0.889. The van der Waals surface area contributed by atoms with Crippen LogP contribution >= 0.6 is 27.3 Å². The Balaban J connectivity index is 1.98. The second-order valence-corrected chi connectivity index (χ2v) is 4.69. The molecule has 3 heteroatoms. The minimum atomic E-state index is 0.889. The van der Waals surface area contributed by atoms with Gasteiger partial charge < -0.3 is 5.32 Å². The van der Waals surface area contributed by atoms with E-state index in [0.29, 0.717) is 0 Å². The molecule has 0 atom stereocenters. The lowest BCUT2D eigenvalue weighted by Gasteiger charge is -2.04. The van der Waals surface area contributed by atoms with E-state index in [1.807, 2.05) is 12.1 Å². The van der Waals surface area contributed by atoms with Crippen LogP contribution in [0.4, 0.5) is 5.69 Å². The molecule has 0 fully saturated rings. The summed E-state index contributed by atoms with van der Waals surface area (Å²) in [6, 6.07) is 10.3. The maximum absolute atomic E-state index is 3.44. The van der Waals surface area contributed by atoms with Crippen LogP contribution in [0.15, 0.2) is 45.6 Å². The topological polar surface area (TPSA) is 12.0 Å². The first-order valence-corrected chi connectivity index (χ1v) is 6.09. The lowest BCUT2D eigenvalue weighted by atomic mass is 10.3. The third-order valence-corrected chi connectivity index (χ3v) is 3.13. The van der Waals surface area contributed by atoms with Gasteiger partial charge in [-0.25, -0.2) is 0 Å². The van der Waals surface area contributed by atoms with Crippen molar-refractivity contribution in [2.75, 3.05) is 5.32 Å². The summed E-state index contributed by atoms with van der Waals surface area (Å²) in [5.74, 6) is 0. The molecule has 1 N–H and O–H groups in total. The molecule has 1 nitrogen and oxygen atoms in total. The Hall–Kier alpha value is -0.800. The van der Waals surface area contributed by atoms with Crippen molar-refractivity contribution in [3.63, 3.8) is 0 Å². The lowest BCUT2D eigenvalue weighted by molar-refractivity contribution is 1.16. The van der Waals surface area contributed by atoms with Crippen molar-refractivity contribution in [1.29, 1.82) is 0 Å². The van der Waals surface area contributed by atoms with Gasteiger partial charge >= 0.3 is 0 Å². The van der Waals surface area contributed by atoms with Crippen LogP contribution in [0.3, 0.4) is 0 Å². The van der Waals surface area contributed by atoms with E-state index >= 15 is 0 Å². The fourth-order valence-corrected chi connectivity index (χ4v) is 2.26. The molecule has 0 amide bonds. The highest BCUT2D eigenvalue weighted by Crippen LogP contribution is 2.16. The van der Waals surface area contributed by atoms with Gasteiger partial charge in [-0.2, -0.15) is 11.3 Å². The van der Waals surface area contributed by atoms with Crippen molar-refractivity contribution in [2.24, 2.45) is 0 Å². The molecule has 0 aliphatic carbocycles. The summed E-state index contributed by atoms with van der Waals surface area (Å²) in [4.78, 5) is 0. The summed E-state index contributed by atoms with van der Waals surface area (Å²) in [5.41, 5.74) is 2.47. The zero-order valence-corrected chi connectivity index (χ0v) is 9.94. The molecule has 0 aliphatic heterocycles. The first kappa shape index (κ1) is 9.74. The van der Waals surface area contributed by atoms with Gasteiger partial charge in [-0.15, -0.1) is 0 Å². The molecule has 0 saturated heterocycles. The molecule has 0 spiro atoms. The molecule has 1 aromatic heterocycles. The van der Waals surface area contributed by atoms with Crippen molar-refractivity contribution < 1.29 is 0 Å². The quantitative estimate of drug-likeness (QED) is 0.882. The van der Waals surface area contributed by atoms with Gasteiger partial charge in [-0.3, -0.25) is 0 Å². The van der Waals surface area contributed by atoms with Gasteiger partial charge in [0, 0.05) is 16.7 Å². The molecule has 2 rings (SSSR count). The summed E-state index contributed by atoms with van der Waals surface area (Å²) < 4.78 is 1.10. The predicted octanol–water partition coefficient (Wildman–Crippen LogP) is 4.12. The highest BCUT2D eigenvalue weighted by Gasteiger charge is 1.94. The van der Waals surface area contributed by atoms with Gasteiger partial charge in [0.1, 0.15) is 0 Å². The summed E-state index contributed by atoms with van der Waals surface area (Å²) in [7, 11) is 0. The molecule has 0 radical (unpaired) electrons. The van der Waals surface area contributed by atoms with E-state index in [9.17, 15) is 0 Å². The smallest absolute Gasteiger partial charge is 0.0409 e. The van der Waals surface area contributed by atoms with Gasteiger partial charge in [-0.1, -0.05) is 22.0 Å². The standard InChI is InChI=1S/C11H10BrNS/c12-10-2-1-3-11(6-10)13-7-9-4-5-14-8-9/h1-6,8,13H,7H2. The van der Waals surface area contributed by atoms with Crippen LogP contribution in [-0.2, 0) is 6.54 Å². The normalized spacial score (nSPS) is 10.1. The van der Waals surface area contributed by atoms with Crippen LogP contribution in [-0.4, -0.2) is 0 Å². The van der Waals surface area contributed by atoms with Crippen molar-refractivity contribution >= 4 is 33.0 Å². The molecule has 0 aliphatic rings. The summed E-state index contributed by atoms with van der Waals surface area (Å²) in [6.07, 6.45) is 0. The van der Waals surface area contributed by atoms with E-state index in [2.05, 4.69) is 50.2 Å². The number of benzene rings is 1. The summed E-state index contributed by atoms with van der Waals surface area (Å²) >= 11 is 5.17. The van der Waals surface area contributed by atoms with Crippen LogP contribution in [0.2, 0.25) is 0 Å². The fourth-order valence-electron chi connectivity index (χ4n) is 1.20. The Kier molecular flexibility index (Phi) is 3.22. The average Bonchev–Trinajstić information content (AvgIpc) is 2.67. The fraction of sp³-hybridized carbons (Fsp3) is 0.0909. The lowest BCUT2D eigenvalue weighted by Crippen LogP contribution is -1.97. The number of halogens is 1. The van der Waals surface area contributed by atoms with Crippen molar-refractivity contribution in [3.8, 4) is 0 Å². The number of hydrogen-bond acceptors (Lipinski definition) is 2. The van der Waals surface area contributed by atoms with Gasteiger partial charge in [0.15, 0.2) is 0 Å². The summed E-state index contributed by atoms with van der Waals surface area (Å²) in [5, 5.41) is 7.62. The largest absolute Gasteiger partial charge is 0.381 e. The number of rotatable bonds is 3. The van der Waals surface area contributed by atoms with Crippen LogP contribution in [0.5, 0.6) is 0 Å². The van der Waals surface area contributed by atoms with E-state index in [1.54, 1.807) is 11.3 Å². The molecular formula is C11H10BrNS. The second-order valence-electron chi connectivity index (χ2n) is 3.00. The third-order valence-electron chi connectivity index (χ3n) is 1.90. The Morgan fingerprint density at radius 2 is 2.21 bits per heavy atom. The first-order valence-electron chi connectivity index (χ1n) is 4.35. The number of thiophene rings is 1. The summed E-state index contributed by atoms with van der Waals surface area (Å²) in [6.45, 7) is 0.889. The van der Waals surface area contributed by atoms with Gasteiger partial charge in [0.25, 0.3) is 0 Å². The number of hydrogen-bond donors (Lipinski definition) is 1. The average molecular weight is 268 g/mol. The maximum atomic E-state index is 3.44. The van der Waals surface area contributed by atoms with E-state index < -0.39 is 0 Å². The highest BCUT2D eigenvalue weighted by atomic mass is 79.9. The van der Waals surface area contributed by atoms with Crippen molar-refractivity contribution in [1.82, 2.24) is 0 Å². The molecule has 1 heterocycles. The molecule has 1 aromatic carbocycles. The molecule has 0 unspecified atom stereocenters. The number of nitrogens with one attached hydrogen (secondary N) is 1. The van der Waals surface area contributed by atoms with Crippen molar-refractivity contribution in [3.05, 3.63) is 51.1 Å². The number of anilines is 1. The van der Waals surface area contributed by atoms with Crippen LogP contribution in [0.1, 0.15) is 5.56 Å². The Morgan fingerprint density at radius 3 is 2.93 bits per heavy atom. The van der Waals surface area contributed by atoms with Gasteiger partial charge in [0.05, 0.1) is 0 Å². The molecule has 2 aromatic rings. The Bertz CT molecular complexity index is 397.